The lowest BCUT2D eigenvalue weighted by molar-refractivity contribution is -0.264. The fourth-order valence-corrected chi connectivity index (χ4v) is 11.7. The molecule has 0 saturated heterocycles. The summed E-state index contributed by atoms with van der Waals surface area (Å²) >= 11 is 0. The zero-order valence-electron chi connectivity index (χ0n) is 35.8. The molecule has 0 radical (unpaired) electrons. The number of benzene rings is 1. The number of phosphoric ester groups is 2. The number of hydrogen-bond acceptors (Lipinski definition) is 12. The molecule has 60 heavy (non-hydrogen) atoms. The Labute approximate surface area is 362 Å². The summed E-state index contributed by atoms with van der Waals surface area (Å²) in [5.41, 5.74) is 0.822. The molecule has 348 valence electrons. The molecule has 0 spiro atoms. The molecule has 1 aromatic rings. The Balaban J connectivity index is 1.05. The van der Waals surface area contributed by atoms with E-state index in [1.54, 1.807) is 21.6 Å². The summed E-state index contributed by atoms with van der Waals surface area (Å²) in [6, 6.07) is 6.67. The van der Waals surface area contributed by atoms with Gasteiger partial charge < -0.3 is 38.5 Å². The summed E-state index contributed by atoms with van der Waals surface area (Å²) in [6.45, 7) is 7.78. The quantitative estimate of drug-likeness (QED) is 0.0396. The van der Waals surface area contributed by atoms with Crippen LogP contribution in [0, 0.1) is 23.2 Å². The van der Waals surface area contributed by atoms with Gasteiger partial charge in [-0.2, -0.15) is 13.2 Å². The highest BCUT2D eigenvalue weighted by Gasteiger charge is 2.55. The Morgan fingerprint density at radius 2 is 1.67 bits per heavy atom. The van der Waals surface area contributed by atoms with Gasteiger partial charge in [0.05, 0.1) is 25.9 Å². The molecule has 20 heteroatoms. The average molecular weight is 938 g/mol. The molecule has 2 saturated carbocycles. The van der Waals surface area contributed by atoms with Crippen molar-refractivity contribution in [2.75, 3.05) is 85.0 Å². The van der Waals surface area contributed by atoms with Gasteiger partial charge in [-0.25, -0.2) is 9.13 Å². The Morgan fingerprint density at radius 1 is 0.917 bits per heavy atom. The van der Waals surface area contributed by atoms with Crippen molar-refractivity contribution in [3.63, 3.8) is 0 Å². The smallest absolute Gasteiger partial charge is 0.471 e. The number of rotatable bonds is 29. The van der Waals surface area contributed by atoms with E-state index in [4.69, 9.17) is 33.3 Å². The van der Waals surface area contributed by atoms with Crippen molar-refractivity contribution in [2.45, 2.75) is 109 Å². The number of hydrogen-bond donors (Lipinski definition) is 3. The molecular formula is C40H68F3NO12P2S2. The summed E-state index contributed by atoms with van der Waals surface area (Å²) in [4.78, 5) is 29.7. The number of alkyl halides is 3. The number of aryl methyl sites for hydroxylation is 1. The summed E-state index contributed by atoms with van der Waals surface area (Å²) < 4.78 is 99.2. The van der Waals surface area contributed by atoms with Crippen LogP contribution in [0.1, 0.15) is 95.6 Å². The number of likely N-dealkylation sites (N-methyl/N-ethyl adjacent to an activating group) is 1. The molecule has 7 unspecified atom stereocenters. The van der Waals surface area contributed by atoms with Gasteiger partial charge in [-0.1, -0.05) is 34.6 Å². The maximum absolute atomic E-state index is 13.1. The van der Waals surface area contributed by atoms with Crippen molar-refractivity contribution < 1.29 is 69.5 Å². The minimum atomic E-state index is -4.68. The fourth-order valence-electron chi connectivity index (χ4n) is 8.85. The second-order valence-electron chi connectivity index (χ2n) is 17.0. The standard InChI is InChI=1S/C40H68F3NO12P2S2/c1-38(2,40(41,42)43)54-22-8-21-53-37-15-14-36-35-12-10-31-27-32(11-13-33(31)34(35)16-17-39(36,37)3)52-23-19-44(4)18-7-25-59-60-26-24-51-20-6-9-30(28-55-57(45,46)47)29-56-58(48,49)50-5/h11,13,27,30,34-37H,6-10,12,14-26,28-29H2,1-5H3,(H,48,49)(H2,45,46,47). The second kappa shape index (κ2) is 24.2. The van der Waals surface area contributed by atoms with Gasteiger partial charge >= 0.3 is 21.8 Å². The fraction of sp³-hybridized carbons (Fsp3) is 0.850. The van der Waals surface area contributed by atoms with Crippen molar-refractivity contribution in [1.82, 2.24) is 4.90 Å². The molecule has 0 bridgehead atoms. The average Bonchev–Trinajstić information content (AvgIpc) is 3.52. The van der Waals surface area contributed by atoms with Gasteiger partial charge in [0.15, 0.2) is 5.60 Å². The van der Waals surface area contributed by atoms with Crippen molar-refractivity contribution in [1.29, 1.82) is 0 Å². The van der Waals surface area contributed by atoms with E-state index in [-0.39, 0.29) is 31.3 Å². The minimum Gasteiger partial charge on any atom is -0.492 e. The van der Waals surface area contributed by atoms with E-state index in [0.717, 1.165) is 96.2 Å². The number of nitrogens with zero attached hydrogens (tertiary/aromatic N) is 1. The second-order valence-corrected chi connectivity index (χ2v) is 22.5. The normalized spacial score (nSPS) is 24.8. The highest BCUT2D eigenvalue weighted by atomic mass is 33.1. The van der Waals surface area contributed by atoms with Gasteiger partial charge in [-0.05, 0) is 138 Å². The van der Waals surface area contributed by atoms with Gasteiger partial charge in [0.1, 0.15) is 12.4 Å². The molecule has 0 aromatic heterocycles. The Kier molecular flexibility index (Phi) is 21.0. The molecule has 0 heterocycles. The first-order chi connectivity index (χ1) is 28.2. The first-order valence-electron chi connectivity index (χ1n) is 21.1. The van der Waals surface area contributed by atoms with Gasteiger partial charge in [-0.3, -0.25) is 13.6 Å². The predicted molar refractivity (Wildman–Crippen MR) is 228 cm³/mol. The molecule has 2 fully saturated rings. The molecule has 0 aliphatic heterocycles. The molecular weight excluding hydrogens is 870 g/mol. The third kappa shape index (κ3) is 16.5. The lowest BCUT2D eigenvalue weighted by Gasteiger charge is -2.50. The summed E-state index contributed by atoms with van der Waals surface area (Å²) in [7, 11) is -2.19. The number of ether oxygens (including phenoxy) is 4. The number of fused-ring (bicyclic) bond motifs is 5. The van der Waals surface area contributed by atoms with Gasteiger partial charge in [0, 0.05) is 50.9 Å². The molecule has 3 N–H and O–H groups in total. The molecule has 7 atom stereocenters. The Hall–Kier alpha value is -0.430. The Bertz CT molecular complexity index is 1540. The highest BCUT2D eigenvalue weighted by molar-refractivity contribution is 8.76. The lowest BCUT2D eigenvalue weighted by Crippen LogP contribution is -2.45. The van der Waals surface area contributed by atoms with Crippen LogP contribution in [0.4, 0.5) is 13.2 Å². The van der Waals surface area contributed by atoms with Gasteiger partial charge in [0.25, 0.3) is 0 Å². The van der Waals surface area contributed by atoms with Crippen LogP contribution in [0.3, 0.4) is 0 Å². The van der Waals surface area contributed by atoms with E-state index in [0.29, 0.717) is 63.4 Å². The van der Waals surface area contributed by atoms with E-state index < -0.39 is 33.3 Å². The van der Waals surface area contributed by atoms with Crippen molar-refractivity contribution in [3.8, 4) is 5.75 Å². The largest absolute Gasteiger partial charge is 0.492 e. The Morgan fingerprint density at radius 3 is 2.40 bits per heavy atom. The molecule has 13 nitrogen and oxygen atoms in total. The highest BCUT2D eigenvalue weighted by Crippen LogP contribution is 2.61. The van der Waals surface area contributed by atoms with Crippen LogP contribution in [0.2, 0.25) is 0 Å². The molecule has 3 aliphatic carbocycles. The van der Waals surface area contributed by atoms with E-state index in [1.165, 1.54) is 11.1 Å². The van der Waals surface area contributed by atoms with Crippen molar-refractivity contribution >= 4 is 37.2 Å². The molecule has 4 rings (SSSR count). The third-order valence-corrected chi connectivity index (χ3v) is 16.2. The third-order valence-electron chi connectivity index (χ3n) is 12.4. The number of phosphoric acid groups is 2. The minimum absolute atomic E-state index is 0.0268. The van der Waals surface area contributed by atoms with E-state index in [9.17, 15) is 27.2 Å². The first kappa shape index (κ1) is 52.2. The SMILES string of the molecule is COP(=O)(O)OCC(CCCOCCSSCCCN(C)CCOc1ccc2c(c1)CCC1C2CCC2(C)C(OCCCOC(C)(C)C(F)(F)F)CCC12)COP(=O)(O)O. The van der Waals surface area contributed by atoms with Crippen LogP contribution in [0.15, 0.2) is 18.2 Å². The zero-order chi connectivity index (χ0) is 44.0. The van der Waals surface area contributed by atoms with E-state index in [2.05, 4.69) is 46.1 Å². The van der Waals surface area contributed by atoms with E-state index in [1.807, 2.05) is 0 Å². The maximum atomic E-state index is 13.1. The number of halogens is 3. The van der Waals surface area contributed by atoms with Crippen LogP contribution in [0.25, 0.3) is 0 Å². The van der Waals surface area contributed by atoms with Crippen molar-refractivity contribution in [3.05, 3.63) is 29.3 Å². The van der Waals surface area contributed by atoms with Gasteiger partial charge in [0.2, 0.25) is 0 Å². The lowest BCUT2D eigenvalue weighted by atomic mass is 9.55. The predicted octanol–water partition coefficient (Wildman–Crippen LogP) is 9.04. The van der Waals surface area contributed by atoms with Crippen LogP contribution >= 0.6 is 37.2 Å². The van der Waals surface area contributed by atoms with Crippen LogP contribution in [-0.4, -0.2) is 122 Å². The summed E-state index contributed by atoms with van der Waals surface area (Å²) in [5.74, 6) is 3.99. The van der Waals surface area contributed by atoms with Gasteiger partial charge in [-0.15, -0.1) is 0 Å². The summed E-state index contributed by atoms with van der Waals surface area (Å²) in [5, 5.41) is 0. The van der Waals surface area contributed by atoms with Crippen molar-refractivity contribution in [2.24, 2.45) is 23.2 Å². The monoisotopic (exact) mass is 937 g/mol. The summed E-state index contributed by atoms with van der Waals surface area (Å²) in [6.07, 6.45) is 4.79. The maximum Gasteiger partial charge on any atom is 0.471 e. The molecule has 0 amide bonds. The molecule has 1 aromatic carbocycles. The van der Waals surface area contributed by atoms with Crippen LogP contribution in [0.5, 0.6) is 5.75 Å². The molecule has 3 aliphatic rings. The first-order valence-corrected chi connectivity index (χ1v) is 26.6. The van der Waals surface area contributed by atoms with Crippen LogP contribution < -0.4 is 4.74 Å². The zero-order valence-corrected chi connectivity index (χ0v) is 39.2. The van der Waals surface area contributed by atoms with Crippen LogP contribution in [-0.2, 0) is 43.3 Å². The van der Waals surface area contributed by atoms with E-state index >= 15 is 0 Å². The topological polar surface area (TPSA) is 163 Å².